The molecule has 2 aliphatic rings. The Kier molecular flexibility index (Phi) is 3.53. The molecule has 0 spiro atoms. The molecule has 0 aliphatic carbocycles. The Balaban J connectivity index is 1.39. The van der Waals surface area contributed by atoms with Gasteiger partial charge in [-0.2, -0.15) is 0 Å². The van der Waals surface area contributed by atoms with Gasteiger partial charge in [0.15, 0.2) is 23.8 Å². The molecule has 1 aromatic carbocycles. The van der Waals surface area contributed by atoms with Crippen molar-refractivity contribution in [1.82, 2.24) is 9.88 Å². The number of carbonyl (C=O) groups is 1. The number of carbonyl (C=O) groups excluding carboxylic acids is 1. The maximum atomic E-state index is 12.2. The molecule has 4 rings (SSSR count). The zero-order chi connectivity index (χ0) is 15.6. The van der Waals surface area contributed by atoms with Crippen molar-refractivity contribution in [3.8, 4) is 17.2 Å². The lowest BCUT2D eigenvalue weighted by atomic mass is 10.3. The fourth-order valence-electron chi connectivity index (χ4n) is 2.67. The van der Waals surface area contributed by atoms with Gasteiger partial charge in [-0.15, -0.1) is 0 Å². The quantitative estimate of drug-likeness (QED) is 0.861. The SMILES string of the molecule is O=C(c1coc(COc2ccc3c(c2)OCO3)n1)N1CCCC1. The van der Waals surface area contributed by atoms with Gasteiger partial charge >= 0.3 is 0 Å². The van der Waals surface area contributed by atoms with Crippen molar-refractivity contribution in [2.24, 2.45) is 0 Å². The van der Waals surface area contributed by atoms with Crippen molar-refractivity contribution in [3.63, 3.8) is 0 Å². The first-order valence-corrected chi connectivity index (χ1v) is 7.56. The van der Waals surface area contributed by atoms with Crippen molar-refractivity contribution in [1.29, 1.82) is 0 Å². The summed E-state index contributed by atoms with van der Waals surface area (Å²) in [6.07, 6.45) is 3.48. The highest BCUT2D eigenvalue weighted by Gasteiger charge is 2.22. The average Bonchev–Trinajstić information content (AvgIpc) is 3.32. The monoisotopic (exact) mass is 316 g/mol. The zero-order valence-corrected chi connectivity index (χ0v) is 12.5. The van der Waals surface area contributed by atoms with Crippen molar-refractivity contribution in [2.45, 2.75) is 19.4 Å². The molecule has 120 valence electrons. The number of ether oxygens (including phenoxy) is 3. The Morgan fingerprint density at radius 2 is 2.04 bits per heavy atom. The van der Waals surface area contributed by atoms with Gasteiger partial charge in [-0.25, -0.2) is 4.98 Å². The third-order valence-corrected chi connectivity index (χ3v) is 3.87. The van der Waals surface area contributed by atoms with Crippen LogP contribution in [0.5, 0.6) is 17.2 Å². The number of rotatable bonds is 4. The normalized spacial score (nSPS) is 15.9. The fourth-order valence-corrected chi connectivity index (χ4v) is 2.67. The number of fused-ring (bicyclic) bond motifs is 1. The maximum Gasteiger partial charge on any atom is 0.275 e. The van der Waals surface area contributed by atoms with Gasteiger partial charge in [-0.1, -0.05) is 0 Å². The molecular formula is C16H16N2O5. The number of oxazole rings is 1. The summed E-state index contributed by atoms with van der Waals surface area (Å²) >= 11 is 0. The number of hydrogen-bond donors (Lipinski definition) is 0. The molecule has 2 aromatic rings. The van der Waals surface area contributed by atoms with Gasteiger partial charge < -0.3 is 23.5 Å². The standard InChI is InChI=1S/C16H16N2O5/c19-16(18-5-1-2-6-18)12-8-21-15(17-12)9-20-11-3-4-13-14(7-11)23-10-22-13/h3-4,7-8H,1-2,5-6,9-10H2. The molecule has 0 saturated carbocycles. The minimum Gasteiger partial charge on any atom is -0.484 e. The fraction of sp³-hybridized carbons (Fsp3) is 0.375. The van der Waals surface area contributed by atoms with Crippen LogP contribution in [0, 0.1) is 0 Å². The smallest absolute Gasteiger partial charge is 0.275 e. The summed E-state index contributed by atoms with van der Waals surface area (Å²) in [6.45, 7) is 1.94. The van der Waals surface area contributed by atoms with Crippen LogP contribution in [-0.2, 0) is 6.61 Å². The molecule has 1 saturated heterocycles. The molecular weight excluding hydrogens is 300 g/mol. The van der Waals surface area contributed by atoms with E-state index in [0.29, 0.717) is 28.8 Å². The Labute approximate surface area is 132 Å². The Hall–Kier alpha value is -2.70. The predicted molar refractivity (Wildman–Crippen MR) is 78.5 cm³/mol. The summed E-state index contributed by atoms with van der Waals surface area (Å²) in [5.41, 5.74) is 0.330. The molecule has 0 bridgehead atoms. The molecule has 0 unspecified atom stereocenters. The van der Waals surface area contributed by atoms with E-state index in [0.717, 1.165) is 25.9 Å². The second kappa shape index (κ2) is 5.83. The minimum absolute atomic E-state index is 0.0828. The van der Waals surface area contributed by atoms with Gasteiger partial charge in [-0.05, 0) is 25.0 Å². The second-order valence-corrected chi connectivity index (χ2v) is 5.43. The first-order valence-electron chi connectivity index (χ1n) is 7.56. The molecule has 0 radical (unpaired) electrons. The first kappa shape index (κ1) is 13.9. The van der Waals surface area contributed by atoms with Crippen molar-refractivity contribution in [3.05, 3.63) is 36.0 Å². The molecule has 7 nitrogen and oxygen atoms in total. The number of aromatic nitrogens is 1. The van der Waals surface area contributed by atoms with E-state index in [9.17, 15) is 4.79 Å². The van der Waals surface area contributed by atoms with E-state index in [1.165, 1.54) is 6.26 Å². The predicted octanol–water partition coefficient (Wildman–Crippen LogP) is 2.22. The summed E-state index contributed by atoms with van der Waals surface area (Å²) in [7, 11) is 0. The van der Waals surface area contributed by atoms with Crippen LogP contribution in [0.15, 0.2) is 28.9 Å². The summed E-state index contributed by atoms with van der Waals surface area (Å²) in [4.78, 5) is 18.2. The van der Waals surface area contributed by atoms with Gasteiger partial charge in [0.2, 0.25) is 12.7 Å². The molecule has 3 heterocycles. The highest BCUT2D eigenvalue weighted by atomic mass is 16.7. The second-order valence-electron chi connectivity index (χ2n) is 5.43. The topological polar surface area (TPSA) is 74.0 Å². The van der Waals surface area contributed by atoms with Gasteiger partial charge in [0.1, 0.15) is 12.0 Å². The van der Waals surface area contributed by atoms with Gasteiger partial charge in [0.25, 0.3) is 5.91 Å². The van der Waals surface area contributed by atoms with E-state index in [1.54, 1.807) is 23.1 Å². The van der Waals surface area contributed by atoms with Crippen LogP contribution in [0.4, 0.5) is 0 Å². The Morgan fingerprint density at radius 3 is 2.91 bits per heavy atom. The van der Waals surface area contributed by atoms with Crippen LogP contribution >= 0.6 is 0 Å². The Bertz CT molecular complexity index is 721. The van der Waals surface area contributed by atoms with Crippen molar-refractivity contribution in [2.75, 3.05) is 19.9 Å². The van der Waals surface area contributed by atoms with Crippen LogP contribution in [0.3, 0.4) is 0 Å². The number of hydrogen-bond acceptors (Lipinski definition) is 6. The number of benzene rings is 1. The molecule has 2 aliphatic heterocycles. The average molecular weight is 316 g/mol. The van der Waals surface area contributed by atoms with Gasteiger partial charge in [-0.3, -0.25) is 4.79 Å². The molecule has 7 heteroatoms. The minimum atomic E-state index is -0.0828. The summed E-state index contributed by atoms with van der Waals surface area (Å²) in [6, 6.07) is 5.32. The highest BCUT2D eigenvalue weighted by molar-refractivity contribution is 5.92. The molecule has 1 fully saturated rings. The zero-order valence-electron chi connectivity index (χ0n) is 12.5. The third kappa shape index (κ3) is 2.81. The van der Waals surface area contributed by atoms with E-state index < -0.39 is 0 Å². The van der Waals surface area contributed by atoms with E-state index in [2.05, 4.69) is 4.98 Å². The van der Waals surface area contributed by atoms with Crippen LogP contribution in [0.25, 0.3) is 0 Å². The molecule has 0 atom stereocenters. The number of amides is 1. The van der Waals surface area contributed by atoms with E-state index in [-0.39, 0.29) is 19.3 Å². The molecule has 0 N–H and O–H groups in total. The highest BCUT2D eigenvalue weighted by Crippen LogP contribution is 2.35. The lowest BCUT2D eigenvalue weighted by molar-refractivity contribution is 0.0787. The van der Waals surface area contributed by atoms with Gasteiger partial charge in [0, 0.05) is 19.2 Å². The van der Waals surface area contributed by atoms with E-state index in [1.807, 2.05) is 0 Å². The maximum absolute atomic E-state index is 12.2. The Morgan fingerprint density at radius 1 is 1.22 bits per heavy atom. The van der Waals surface area contributed by atoms with Crippen molar-refractivity contribution < 1.29 is 23.4 Å². The van der Waals surface area contributed by atoms with E-state index in [4.69, 9.17) is 18.6 Å². The molecule has 1 aromatic heterocycles. The van der Waals surface area contributed by atoms with E-state index >= 15 is 0 Å². The summed E-state index contributed by atoms with van der Waals surface area (Å²) in [5, 5.41) is 0. The van der Waals surface area contributed by atoms with Crippen LogP contribution < -0.4 is 14.2 Å². The van der Waals surface area contributed by atoms with Crippen molar-refractivity contribution >= 4 is 5.91 Å². The lowest BCUT2D eigenvalue weighted by Crippen LogP contribution is -2.27. The largest absolute Gasteiger partial charge is 0.484 e. The van der Waals surface area contributed by atoms with Crippen LogP contribution in [0.1, 0.15) is 29.2 Å². The van der Waals surface area contributed by atoms with Crippen LogP contribution in [-0.4, -0.2) is 35.7 Å². The number of likely N-dealkylation sites (tertiary alicyclic amines) is 1. The first-order chi connectivity index (χ1) is 11.3. The number of nitrogens with zero attached hydrogens (tertiary/aromatic N) is 2. The molecule has 23 heavy (non-hydrogen) atoms. The lowest BCUT2D eigenvalue weighted by Gasteiger charge is -2.12. The summed E-state index contributed by atoms with van der Waals surface area (Å²) in [5.74, 6) is 2.26. The third-order valence-electron chi connectivity index (χ3n) is 3.87. The van der Waals surface area contributed by atoms with Crippen LogP contribution in [0.2, 0.25) is 0 Å². The van der Waals surface area contributed by atoms with Gasteiger partial charge in [0.05, 0.1) is 0 Å². The molecule has 1 amide bonds. The summed E-state index contributed by atoms with van der Waals surface area (Å²) < 4.78 is 21.5.